The molecule has 0 aromatic heterocycles. The van der Waals surface area contributed by atoms with Crippen LogP contribution in [-0.4, -0.2) is 12.6 Å². The lowest BCUT2D eigenvalue weighted by molar-refractivity contribution is 0.621. The Labute approximate surface area is 46.1 Å². The third kappa shape index (κ3) is 5.83. The zero-order valence-corrected chi connectivity index (χ0v) is 5.20. The summed E-state index contributed by atoms with van der Waals surface area (Å²) < 4.78 is 0. The van der Waals surface area contributed by atoms with E-state index in [2.05, 4.69) is 26.1 Å². The van der Waals surface area contributed by atoms with Gasteiger partial charge in [-0.1, -0.05) is 6.92 Å². The highest BCUT2D eigenvalue weighted by atomic mass is 14.9. The Kier molecular flexibility index (Phi) is 3.90. The number of hydrogen-bond acceptors (Lipinski definition) is 1. The molecule has 0 spiro atoms. The average Bonchev–Trinajstić information content (AvgIpc) is 1.61. The van der Waals surface area contributed by atoms with Crippen molar-refractivity contribution < 1.29 is 0 Å². The van der Waals surface area contributed by atoms with E-state index in [9.17, 15) is 0 Å². The smallest absolute Gasteiger partial charge is 0.143 e. The predicted octanol–water partition coefficient (Wildman–Crippen LogP) is 1.21. The van der Waals surface area contributed by atoms with Crippen molar-refractivity contribution in [3.8, 4) is 0 Å². The van der Waals surface area contributed by atoms with Crippen molar-refractivity contribution in [2.45, 2.75) is 26.3 Å². The van der Waals surface area contributed by atoms with Gasteiger partial charge in [-0.25, -0.2) is 0 Å². The summed E-state index contributed by atoms with van der Waals surface area (Å²) in [4.78, 5) is 0. The lowest BCUT2D eigenvalue weighted by atomic mass is 10.4. The minimum absolute atomic E-state index is 0.403. The van der Waals surface area contributed by atoms with Gasteiger partial charge in [0, 0.05) is 0 Å². The minimum atomic E-state index is 0.403. The molecule has 1 heteroatoms. The molecular weight excluding hydrogens is 86.1 g/mol. The van der Waals surface area contributed by atoms with Crippen LogP contribution >= 0.6 is 0 Å². The van der Waals surface area contributed by atoms with Gasteiger partial charge >= 0.3 is 0 Å². The summed E-state index contributed by atoms with van der Waals surface area (Å²) in [5.41, 5.74) is 0. The van der Waals surface area contributed by atoms with E-state index in [1.165, 1.54) is 6.42 Å². The van der Waals surface area contributed by atoms with Crippen LogP contribution in [0.1, 0.15) is 20.3 Å². The van der Waals surface area contributed by atoms with Crippen LogP contribution in [0.15, 0.2) is 0 Å². The summed E-state index contributed by atoms with van der Waals surface area (Å²) in [6, 6.07) is 0.403. The quantitative estimate of drug-likeness (QED) is 0.526. The molecule has 42 valence electrons. The second-order valence-corrected chi connectivity index (χ2v) is 1.86. The Hall–Kier alpha value is -0.170. The summed E-state index contributed by atoms with van der Waals surface area (Å²) in [7, 11) is 0. The van der Waals surface area contributed by atoms with E-state index in [-0.39, 0.29) is 0 Å². The second kappa shape index (κ2) is 4.00. The van der Waals surface area contributed by atoms with Crippen LogP contribution in [0.4, 0.5) is 0 Å². The van der Waals surface area contributed by atoms with E-state index in [0.29, 0.717) is 6.04 Å². The van der Waals surface area contributed by atoms with Gasteiger partial charge in [0.2, 0.25) is 0 Å². The molecular formula is C6H14N+. The molecule has 1 unspecified atom stereocenters. The Morgan fingerprint density at radius 1 is 1.71 bits per heavy atom. The molecule has 0 aliphatic heterocycles. The number of hydrogen-bond donors (Lipinski definition) is 1. The van der Waals surface area contributed by atoms with Gasteiger partial charge in [-0.05, 0) is 19.9 Å². The Balaban J connectivity index is 2.68. The van der Waals surface area contributed by atoms with Crippen molar-refractivity contribution >= 4 is 0 Å². The van der Waals surface area contributed by atoms with Gasteiger partial charge in [0.05, 0.1) is 6.92 Å². The van der Waals surface area contributed by atoms with Gasteiger partial charge in [0.25, 0.3) is 0 Å². The van der Waals surface area contributed by atoms with Crippen molar-refractivity contribution in [3.05, 3.63) is 6.92 Å². The predicted molar refractivity (Wildman–Crippen MR) is 33.1 cm³/mol. The van der Waals surface area contributed by atoms with Crippen LogP contribution in [0.2, 0.25) is 0 Å². The molecule has 0 fully saturated rings. The highest BCUT2D eigenvalue weighted by Crippen LogP contribution is 1.75. The fourth-order valence-electron chi connectivity index (χ4n) is 0.391. The molecule has 7 heavy (non-hydrogen) atoms. The Morgan fingerprint density at radius 2 is 2.29 bits per heavy atom. The molecule has 0 aromatic rings. The highest BCUT2D eigenvalue weighted by molar-refractivity contribution is 4.59. The largest absolute Gasteiger partial charge is 0.277 e. The van der Waals surface area contributed by atoms with Gasteiger partial charge in [-0.15, -0.1) is 0 Å². The molecule has 1 nitrogen and oxygen atoms in total. The summed E-state index contributed by atoms with van der Waals surface area (Å²) >= 11 is 0. The monoisotopic (exact) mass is 100 g/mol. The maximum Gasteiger partial charge on any atom is 0.143 e. The molecule has 0 radical (unpaired) electrons. The van der Waals surface area contributed by atoms with Crippen molar-refractivity contribution in [2.75, 3.05) is 6.54 Å². The first-order valence-corrected chi connectivity index (χ1v) is 2.83. The molecule has 0 saturated carbocycles. The lowest BCUT2D eigenvalue weighted by Gasteiger charge is -1.97. The van der Waals surface area contributed by atoms with Crippen LogP contribution in [0.25, 0.3) is 0 Å². The zero-order chi connectivity index (χ0) is 5.70. The zero-order valence-electron chi connectivity index (χ0n) is 5.20. The standard InChI is InChI=1S/C6H14N/c1-4-5-7-6(2)3/h6-7H,2,4-5H2,1,3H3/q+1. The van der Waals surface area contributed by atoms with E-state index >= 15 is 0 Å². The van der Waals surface area contributed by atoms with Crippen molar-refractivity contribution in [1.82, 2.24) is 5.32 Å². The van der Waals surface area contributed by atoms with Crippen LogP contribution in [0, 0.1) is 6.92 Å². The van der Waals surface area contributed by atoms with Gasteiger partial charge in [-0.3, -0.25) is 5.32 Å². The van der Waals surface area contributed by atoms with Crippen LogP contribution in [0.5, 0.6) is 0 Å². The molecule has 0 saturated heterocycles. The van der Waals surface area contributed by atoms with Gasteiger partial charge < -0.3 is 0 Å². The Morgan fingerprint density at radius 3 is 2.43 bits per heavy atom. The fourth-order valence-corrected chi connectivity index (χ4v) is 0.391. The molecule has 1 atom stereocenters. The first kappa shape index (κ1) is 6.83. The van der Waals surface area contributed by atoms with E-state index in [0.717, 1.165) is 6.54 Å². The third-order valence-corrected chi connectivity index (χ3v) is 0.743. The van der Waals surface area contributed by atoms with Crippen molar-refractivity contribution in [2.24, 2.45) is 0 Å². The molecule has 0 rings (SSSR count). The van der Waals surface area contributed by atoms with Crippen LogP contribution in [-0.2, 0) is 0 Å². The molecule has 0 heterocycles. The molecule has 0 aliphatic carbocycles. The minimum Gasteiger partial charge on any atom is -0.277 e. The summed E-state index contributed by atoms with van der Waals surface area (Å²) in [5.74, 6) is 0. The second-order valence-electron chi connectivity index (χ2n) is 1.86. The summed E-state index contributed by atoms with van der Waals surface area (Å²) in [6.45, 7) is 9.05. The summed E-state index contributed by atoms with van der Waals surface area (Å²) in [5, 5.41) is 3.18. The van der Waals surface area contributed by atoms with E-state index in [1.807, 2.05) is 0 Å². The molecule has 0 amide bonds. The number of rotatable bonds is 3. The first-order valence-electron chi connectivity index (χ1n) is 2.83. The number of nitrogens with one attached hydrogen (secondary N) is 1. The molecule has 0 aromatic carbocycles. The fraction of sp³-hybridized carbons (Fsp3) is 0.833. The summed E-state index contributed by atoms with van der Waals surface area (Å²) in [6.07, 6.45) is 1.19. The molecule has 1 N–H and O–H groups in total. The molecule has 0 aliphatic rings. The van der Waals surface area contributed by atoms with Gasteiger partial charge in [0.15, 0.2) is 0 Å². The van der Waals surface area contributed by atoms with E-state index in [1.54, 1.807) is 0 Å². The normalized spacial score (nSPS) is 14.0. The van der Waals surface area contributed by atoms with Crippen LogP contribution < -0.4 is 5.32 Å². The Bertz CT molecular complexity index is 33.2. The SMILES string of the molecule is [CH2+]C(C)NCCC. The maximum atomic E-state index is 3.76. The van der Waals surface area contributed by atoms with E-state index in [4.69, 9.17) is 0 Å². The third-order valence-electron chi connectivity index (χ3n) is 0.743. The maximum absolute atomic E-state index is 3.76. The van der Waals surface area contributed by atoms with E-state index < -0.39 is 0 Å². The van der Waals surface area contributed by atoms with Gasteiger partial charge in [0.1, 0.15) is 6.04 Å². The topological polar surface area (TPSA) is 12.0 Å². The first-order chi connectivity index (χ1) is 3.27. The highest BCUT2D eigenvalue weighted by Gasteiger charge is 1.93. The average molecular weight is 100 g/mol. The van der Waals surface area contributed by atoms with Crippen LogP contribution in [0.3, 0.4) is 0 Å². The lowest BCUT2D eigenvalue weighted by Crippen LogP contribution is -2.23. The molecule has 0 bridgehead atoms. The van der Waals surface area contributed by atoms with Gasteiger partial charge in [-0.2, -0.15) is 0 Å². The van der Waals surface area contributed by atoms with Crippen molar-refractivity contribution in [1.29, 1.82) is 0 Å². The van der Waals surface area contributed by atoms with Crippen molar-refractivity contribution in [3.63, 3.8) is 0 Å².